The topological polar surface area (TPSA) is 0 Å². The summed E-state index contributed by atoms with van der Waals surface area (Å²) >= 11 is 2.10. The third-order valence-electron chi connectivity index (χ3n) is 2.60. The zero-order valence-corrected chi connectivity index (χ0v) is 8.23. The molecule has 0 aliphatic carbocycles. The molecule has 1 aliphatic heterocycles. The van der Waals surface area contributed by atoms with Gasteiger partial charge in [0.1, 0.15) is 0 Å². The lowest BCUT2D eigenvalue weighted by Gasteiger charge is -2.22. The first-order valence-electron chi connectivity index (χ1n) is 4.51. The third kappa shape index (κ3) is 1.38. The van der Waals surface area contributed by atoms with E-state index >= 15 is 0 Å². The van der Waals surface area contributed by atoms with Gasteiger partial charge in [-0.3, -0.25) is 0 Å². The van der Waals surface area contributed by atoms with Gasteiger partial charge in [-0.1, -0.05) is 30.3 Å². The Hall–Kier alpha value is -0.430. The van der Waals surface area contributed by atoms with Gasteiger partial charge in [-0.05, 0) is 31.1 Å². The van der Waals surface area contributed by atoms with E-state index in [9.17, 15) is 0 Å². The van der Waals surface area contributed by atoms with Crippen molar-refractivity contribution in [1.29, 1.82) is 0 Å². The minimum absolute atomic E-state index is 0.404. The minimum Gasteiger partial charge on any atom is -0.151 e. The van der Waals surface area contributed by atoms with Crippen molar-refractivity contribution in [1.82, 2.24) is 0 Å². The molecular weight excluding hydrogens is 164 g/mol. The van der Waals surface area contributed by atoms with Gasteiger partial charge in [-0.25, -0.2) is 0 Å². The molecule has 12 heavy (non-hydrogen) atoms. The summed E-state index contributed by atoms with van der Waals surface area (Å²) in [5.74, 6) is 1.32. The molecule has 0 bridgehead atoms. The van der Waals surface area contributed by atoms with Crippen LogP contribution in [0.1, 0.15) is 25.3 Å². The fourth-order valence-corrected chi connectivity index (χ4v) is 3.13. The highest BCUT2D eigenvalue weighted by atomic mass is 32.2. The average Bonchev–Trinajstić information content (AvgIpc) is 2.55. The molecule has 1 heterocycles. The highest BCUT2D eigenvalue weighted by molar-refractivity contribution is 8.00. The Balaban J connectivity index is 2.29. The number of rotatable bonds is 1. The standard InChI is InChI=1S/C11H14S/c1-11(8-5-9-12-11)10-6-3-2-4-7-10/h2-4,6-7H,5,8-9H2,1H3. The zero-order chi connectivity index (χ0) is 8.44. The zero-order valence-electron chi connectivity index (χ0n) is 7.42. The first kappa shape index (κ1) is 8.18. The van der Waals surface area contributed by atoms with Gasteiger partial charge in [0.15, 0.2) is 0 Å². The van der Waals surface area contributed by atoms with Crippen molar-refractivity contribution in [3.05, 3.63) is 35.9 Å². The number of hydrogen-bond acceptors (Lipinski definition) is 1. The molecule has 0 spiro atoms. The Kier molecular flexibility index (Phi) is 2.14. The molecule has 1 aromatic rings. The molecule has 0 saturated carbocycles. The fraction of sp³-hybridized carbons (Fsp3) is 0.455. The van der Waals surface area contributed by atoms with Crippen molar-refractivity contribution >= 4 is 11.8 Å². The Morgan fingerprint density at radius 1 is 1.25 bits per heavy atom. The first-order chi connectivity index (χ1) is 5.81. The van der Waals surface area contributed by atoms with Crippen LogP contribution in [0.5, 0.6) is 0 Å². The highest BCUT2D eigenvalue weighted by Gasteiger charge is 2.30. The summed E-state index contributed by atoms with van der Waals surface area (Å²) in [6.07, 6.45) is 2.71. The van der Waals surface area contributed by atoms with Gasteiger partial charge in [-0.15, -0.1) is 0 Å². The van der Waals surface area contributed by atoms with E-state index in [1.54, 1.807) is 0 Å². The normalized spacial score (nSPS) is 29.1. The molecule has 0 amide bonds. The highest BCUT2D eigenvalue weighted by Crippen LogP contribution is 2.45. The van der Waals surface area contributed by atoms with Crippen molar-refractivity contribution in [3.8, 4) is 0 Å². The van der Waals surface area contributed by atoms with Crippen molar-refractivity contribution in [3.63, 3.8) is 0 Å². The van der Waals surface area contributed by atoms with Crippen molar-refractivity contribution in [2.45, 2.75) is 24.5 Å². The lowest BCUT2D eigenvalue weighted by atomic mass is 9.96. The second kappa shape index (κ2) is 3.14. The van der Waals surface area contributed by atoms with Crippen LogP contribution in [0.2, 0.25) is 0 Å². The molecule has 0 N–H and O–H groups in total. The molecule has 1 fully saturated rings. The molecule has 1 unspecified atom stereocenters. The van der Waals surface area contributed by atoms with E-state index in [1.165, 1.54) is 24.2 Å². The van der Waals surface area contributed by atoms with Crippen LogP contribution in [-0.4, -0.2) is 5.75 Å². The Bertz CT molecular complexity index is 247. The van der Waals surface area contributed by atoms with Gasteiger partial charge in [-0.2, -0.15) is 11.8 Å². The molecule has 1 atom stereocenters. The maximum absolute atomic E-state index is 2.36. The van der Waals surface area contributed by atoms with Gasteiger partial charge in [0.25, 0.3) is 0 Å². The summed E-state index contributed by atoms with van der Waals surface area (Å²) in [6, 6.07) is 10.9. The number of thioether (sulfide) groups is 1. The smallest absolute Gasteiger partial charge is 0.0380 e. The SMILES string of the molecule is CC1(c2ccccc2)CCCS1. The van der Waals surface area contributed by atoms with Crippen LogP contribution in [0.3, 0.4) is 0 Å². The molecule has 1 saturated heterocycles. The molecule has 1 aliphatic rings. The molecule has 1 heteroatoms. The summed E-state index contributed by atoms with van der Waals surface area (Å²) < 4.78 is 0.404. The van der Waals surface area contributed by atoms with Crippen LogP contribution in [0, 0.1) is 0 Å². The summed E-state index contributed by atoms with van der Waals surface area (Å²) in [5.41, 5.74) is 1.49. The summed E-state index contributed by atoms with van der Waals surface area (Å²) in [7, 11) is 0. The molecule has 0 radical (unpaired) electrons. The maximum Gasteiger partial charge on any atom is 0.0380 e. The largest absolute Gasteiger partial charge is 0.151 e. The van der Waals surface area contributed by atoms with Crippen molar-refractivity contribution in [2.24, 2.45) is 0 Å². The average molecular weight is 178 g/mol. The van der Waals surface area contributed by atoms with Crippen LogP contribution in [-0.2, 0) is 4.75 Å². The summed E-state index contributed by atoms with van der Waals surface area (Å²) in [5, 5.41) is 0. The monoisotopic (exact) mass is 178 g/mol. The number of benzene rings is 1. The van der Waals surface area contributed by atoms with E-state index < -0.39 is 0 Å². The van der Waals surface area contributed by atoms with E-state index in [4.69, 9.17) is 0 Å². The maximum atomic E-state index is 2.36. The van der Waals surface area contributed by atoms with E-state index in [-0.39, 0.29) is 0 Å². The lowest BCUT2D eigenvalue weighted by molar-refractivity contribution is 0.646. The van der Waals surface area contributed by atoms with Crippen LogP contribution < -0.4 is 0 Å². The van der Waals surface area contributed by atoms with Gasteiger partial charge in [0.05, 0.1) is 0 Å². The number of hydrogen-bond donors (Lipinski definition) is 0. The third-order valence-corrected chi connectivity index (χ3v) is 4.17. The van der Waals surface area contributed by atoms with Crippen molar-refractivity contribution < 1.29 is 0 Å². The lowest BCUT2D eigenvalue weighted by Crippen LogP contribution is -2.11. The summed E-state index contributed by atoms with van der Waals surface area (Å²) in [4.78, 5) is 0. The molecular formula is C11H14S. The van der Waals surface area contributed by atoms with Crippen LogP contribution in [0.25, 0.3) is 0 Å². The van der Waals surface area contributed by atoms with Gasteiger partial charge in [0.2, 0.25) is 0 Å². The predicted molar refractivity (Wildman–Crippen MR) is 55.5 cm³/mol. The molecule has 2 rings (SSSR count). The van der Waals surface area contributed by atoms with E-state index in [2.05, 4.69) is 49.0 Å². The van der Waals surface area contributed by atoms with E-state index in [1.807, 2.05) is 0 Å². The Morgan fingerprint density at radius 3 is 2.58 bits per heavy atom. The minimum atomic E-state index is 0.404. The van der Waals surface area contributed by atoms with Crippen LogP contribution in [0.15, 0.2) is 30.3 Å². The fourth-order valence-electron chi connectivity index (χ4n) is 1.80. The molecule has 0 aromatic heterocycles. The van der Waals surface area contributed by atoms with Gasteiger partial charge >= 0.3 is 0 Å². The predicted octanol–water partition coefficient (Wildman–Crippen LogP) is 3.43. The van der Waals surface area contributed by atoms with Crippen LogP contribution >= 0.6 is 11.8 Å². The second-order valence-electron chi connectivity index (χ2n) is 3.55. The van der Waals surface area contributed by atoms with Gasteiger partial charge < -0.3 is 0 Å². The van der Waals surface area contributed by atoms with Crippen LogP contribution in [0.4, 0.5) is 0 Å². The van der Waals surface area contributed by atoms with E-state index in [0.717, 1.165) is 0 Å². The quantitative estimate of drug-likeness (QED) is 0.635. The Morgan fingerprint density at radius 2 is 2.00 bits per heavy atom. The first-order valence-corrected chi connectivity index (χ1v) is 5.49. The molecule has 1 aromatic carbocycles. The van der Waals surface area contributed by atoms with Gasteiger partial charge in [0, 0.05) is 4.75 Å². The summed E-state index contributed by atoms with van der Waals surface area (Å²) in [6.45, 7) is 2.36. The van der Waals surface area contributed by atoms with Crippen molar-refractivity contribution in [2.75, 3.05) is 5.75 Å². The second-order valence-corrected chi connectivity index (χ2v) is 5.15. The molecule has 0 nitrogen and oxygen atoms in total. The molecule has 64 valence electrons. The van der Waals surface area contributed by atoms with E-state index in [0.29, 0.717) is 4.75 Å². The Labute approximate surface area is 78.4 Å².